The van der Waals surface area contributed by atoms with Gasteiger partial charge in [0.1, 0.15) is 6.07 Å². The zero-order chi connectivity index (χ0) is 12.3. The molecule has 1 aliphatic carbocycles. The fraction of sp³-hybridized carbons (Fsp3) is 0.533. The summed E-state index contributed by atoms with van der Waals surface area (Å²) in [7, 11) is 0. The predicted molar refractivity (Wildman–Crippen MR) is 70.9 cm³/mol. The second-order valence-electron chi connectivity index (χ2n) is 5.09. The Bertz CT molecular complexity index is 425. The van der Waals surface area contributed by atoms with Crippen LogP contribution in [0.15, 0.2) is 18.2 Å². The third-order valence-electron chi connectivity index (χ3n) is 3.87. The first-order valence-electron chi connectivity index (χ1n) is 6.48. The van der Waals surface area contributed by atoms with Crippen LogP contribution in [-0.2, 0) is 0 Å². The van der Waals surface area contributed by atoms with Crippen molar-refractivity contribution < 1.29 is 0 Å². The van der Waals surface area contributed by atoms with Crippen molar-refractivity contribution in [2.24, 2.45) is 5.92 Å². The van der Waals surface area contributed by atoms with E-state index in [1.165, 1.54) is 25.7 Å². The highest BCUT2D eigenvalue weighted by Crippen LogP contribution is 2.30. The summed E-state index contributed by atoms with van der Waals surface area (Å²) in [4.78, 5) is 0. The van der Waals surface area contributed by atoms with Gasteiger partial charge >= 0.3 is 0 Å². The Morgan fingerprint density at radius 3 is 2.71 bits per heavy atom. The molecule has 0 radical (unpaired) electrons. The van der Waals surface area contributed by atoms with E-state index in [0.29, 0.717) is 6.04 Å². The third kappa shape index (κ3) is 2.61. The summed E-state index contributed by atoms with van der Waals surface area (Å²) in [5.74, 6) is 0.766. The maximum atomic E-state index is 9.19. The number of benzene rings is 1. The molecular formula is C15H20N2. The fourth-order valence-corrected chi connectivity index (χ4v) is 2.76. The minimum absolute atomic E-state index is 0.464. The van der Waals surface area contributed by atoms with Gasteiger partial charge in [-0.25, -0.2) is 0 Å². The van der Waals surface area contributed by atoms with E-state index in [2.05, 4.69) is 18.3 Å². The van der Waals surface area contributed by atoms with Crippen molar-refractivity contribution in [3.63, 3.8) is 0 Å². The van der Waals surface area contributed by atoms with Crippen molar-refractivity contribution >= 4 is 5.69 Å². The van der Waals surface area contributed by atoms with Crippen LogP contribution in [0.25, 0.3) is 0 Å². The number of anilines is 1. The van der Waals surface area contributed by atoms with Crippen LogP contribution < -0.4 is 5.32 Å². The number of rotatable bonds is 3. The Morgan fingerprint density at radius 1 is 1.35 bits per heavy atom. The van der Waals surface area contributed by atoms with E-state index in [-0.39, 0.29) is 0 Å². The van der Waals surface area contributed by atoms with Crippen LogP contribution in [0.5, 0.6) is 0 Å². The summed E-state index contributed by atoms with van der Waals surface area (Å²) < 4.78 is 0. The van der Waals surface area contributed by atoms with Crippen LogP contribution in [0, 0.1) is 24.2 Å². The molecule has 0 heterocycles. The minimum atomic E-state index is 0.464. The molecule has 0 amide bonds. The summed E-state index contributed by atoms with van der Waals surface area (Å²) in [5, 5.41) is 12.7. The maximum absolute atomic E-state index is 9.19. The molecule has 1 N–H and O–H groups in total. The van der Waals surface area contributed by atoms with Gasteiger partial charge in [0.15, 0.2) is 0 Å². The predicted octanol–water partition coefficient (Wildman–Crippen LogP) is 3.86. The Morgan fingerprint density at radius 2 is 2.06 bits per heavy atom. The van der Waals surface area contributed by atoms with E-state index in [1.807, 2.05) is 25.1 Å². The zero-order valence-corrected chi connectivity index (χ0v) is 10.7. The molecule has 90 valence electrons. The third-order valence-corrected chi connectivity index (χ3v) is 3.87. The lowest BCUT2D eigenvalue weighted by molar-refractivity contribution is 0.482. The molecule has 2 nitrogen and oxygen atoms in total. The molecule has 0 saturated heterocycles. The highest BCUT2D eigenvalue weighted by molar-refractivity contribution is 5.61. The Kier molecular flexibility index (Phi) is 3.68. The van der Waals surface area contributed by atoms with Crippen LogP contribution >= 0.6 is 0 Å². The molecule has 0 bridgehead atoms. The number of hydrogen-bond donors (Lipinski definition) is 1. The van der Waals surface area contributed by atoms with Crippen molar-refractivity contribution in [1.29, 1.82) is 5.26 Å². The second kappa shape index (κ2) is 5.23. The number of nitrogens with zero attached hydrogens (tertiary/aromatic N) is 1. The molecule has 0 aromatic heterocycles. The molecule has 1 saturated carbocycles. The average molecular weight is 228 g/mol. The Balaban J connectivity index is 2.13. The minimum Gasteiger partial charge on any atom is -0.381 e. The molecule has 1 fully saturated rings. The van der Waals surface area contributed by atoms with Crippen molar-refractivity contribution in [1.82, 2.24) is 0 Å². The van der Waals surface area contributed by atoms with Gasteiger partial charge in [-0.1, -0.05) is 25.0 Å². The molecule has 17 heavy (non-hydrogen) atoms. The molecule has 1 atom stereocenters. The lowest BCUT2D eigenvalue weighted by atomic mass is 9.98. The molecule has 2 heteroatoms. The van der Waals surface area contributed by atoms with Gasteiger partial charge in [-0.05, 0) is 44.2 Å². The topological polar surface area (TPSA) is 35.8 Å². The first-order chi connectivity index (χ1) is 8.22. The quantitative estimate of drug-likeness (QED) is 0.852. The monoisotopic (exact) mass is 228 g/mol. The van der Waals surface area contributed by atoms with Crippen molar-refractivity contribution in [2.75, 3.05) is 5.32 Å². The van der Waals surface area contributed by atoms with E-state index in [9.17, 15) is 5.26 Å². The molecule has 0 aliphatic heterocycles. The smallest absolute Gasteiger partial charge is 0.102 e. The maximum Gasteiger partial charge on any atom is 0.102 e. The van der Waals surface area contributed by atoms with Crippen molar-refractivity contribution in [3.8, 4) is 6.07 Å². The van der Waals surface area contributed by atoms with Gasteiger partial charge in [-0.3, -0.25) is 0 Å². The van der Waals surface area contributed by atoms with Gasteiger partial charge in [0.2, 0.25) is 0 Å². The van der Waals surface area contributed by atoms with E-state index >= 15 is 0 Å². The van der Waals surface area contributed by atoms with Crippen LogP contribution in [0.1, 0.15) is 43.7 Å². The molecule has 1 aromatic rings. The second-order valence-corrected chi connectivity index (χ2v) is 5.09. The first-order valence-corrected chi connectivity index (χ1v) is 6.48. The van der Waals surface area contributed by atoms with E-state index in [1.54, 1.807) is 0 Å². The van der Waals surface area contributed by atoms with Gasteiger partial charge in [0, 0.05) is 6.04 Å². The first kappa shape index (κ1) is 12.0. The van der Waals surface area contributed by atoms with E-state index in [4.69, 9.17) is 0 Å². The SMILES string of the molecule is Cc1cccc(NC(C)C2CCCC2)c1C#N. The van der Waals surface area contributed by atoms with E-state index in [0.717, 1.165) is 22.7 Å². The summed E-state index contributed by atoms with van der Waals surface area (Å²) in [6.07, 6.45) is 5.36. The largest absolute Gasteiger partial charge is 0.381 e. The lowest BCUT2D eigenvalue weighted by Gasteiger charge is -2.22. The fourth-order valence-electron chi connectivity index (χ4n) is 2.76. The summed E-state index contributed by atoms with van der Waals surface area (Å²) >= 11 is 0. The van der Waals surface area contributed by atoms with Crippen LogP contribution in [0.2, 0.25) is 0 Å². The molecule has 1 unspecified atom stereocenters. The molecule has 0 spiro atoms. The number of nitrogens with one attached hydrogen (secondary N) is 1. The van der Waals surface area contributed by atoms with Gasteiger partial charge in [0.25, 0.3) is 0 Å². The normalized spacial score (nSPS) is 17.7. The van der Waals surface area contributed by atoms with Gasteiger partial charge < -0.3 is 5.32 Å². The van der Waals surface area contributed by atoms with E-state index < -0.39 is 0 Å². The average Bonchev–Trinajstić information content (AvgIpc) is 2.82. The zero-order valence-electron chi connectivity index (χ0n) is 10.7. The lowest BCUT2D eigenvalue weighted by Crippen LogP contribution is -2.24. The van der Waals surface area contributed by atoms with Crippen LogP contribution in [-0.4, -0.2) is 6.04 Å². The molecule has 1 aliphatic rings. The van der Waals surface area contributed by atoms with Crippen LogP contribution in [0.3, 0.4) is 0 Å². The number of hydrogen-bond acceptors (Lipinski definition) is 2. The van der Waals surface area contributed by atoms with Crippen molar-refractivity contribution in [2.45, 2.75) is 45.6 Å². The highest BCUT2D eigenvalue weighted by atomic mass is 14.9. The number of nitriles is 1. The molecule has 1 aromatic carbocycles. The molecular weight excluding hydrogens is 208 g/mol. The Hall–Kier alpha value is -1.49. The van der Waals surface area contributed by atoms with Gasteiger partial charge in [0.05, 0.1) is 11.3 Å². The van der Waals surface area contributed by atoms with Crippen molar-refractivity contribution in [3.05, 3.63) is 29.3 Å². The van der Waals surface area contributed by atoms with Gasteiger partial charge in [-0.15, -0.1) is 0 Å². The summed E-state index contributed by atoms with van der Waals surface area (Å²) in [5.41, 5.74) is 2.83. The summed E-state index contributed by atoms with van der Waals surface area (Å²) in [6.45, 7) is 4.23. The molecule has 2 rings (SSSR count). The standard InChI is InChI=1S/C15H20N2/c1-11-6-5-9-15(14(11)10-16)17-12(2)13-7-3-4-8-13/h5-6,9,12-13,17H,3-4,7-8H2,1-2H3. The summed E-state index contributed by atoms with van der Waals surface area (Å²) in [6, 6.07) is 8.78. The Labute approximate surface area is 104 Å². The highest BCUT2D eigenvalue weighted by Gasteiger charge is 2.22. The van der Waals surface area contributed by atoms with Gasteiger partial charge in [-0.2, -0.15) is 5.26 Å². The van der Waals surface area contributed by atoms with Crippen LogP contribution in [0.4, 0.5) is 5.69 Å². The number of aryl methyl sites for hydroxylation is 1.